The van der Waals surface area contributed by atoms with E-state index in [1.807, 2.05) is 0 Å². The van der Waals surface area contributed by atoms with Gasteiger partial charge < -0.3 is 10.5 Å². The third-order valence-electron chi connectivity index (χ3n) is 2.02. The van der Waals surface area contributed by atoms with Gasteiger partial charge in [-0.2, -0.15) is 0 Å². The second kappa shape index (κ2) is 6.66. The average molecular weight is 323 g/mol. The zero-order valence-corrected chi connectivity index (χ0v) is 11.8. The van der Waals surface area contributed by atoms with E-state index in [0.29, 0.717) is 0 Å². The zero-order chi connectivity index (χ0) is 15.3. The molecule has 3 N–H and O–H groups in total. The molecule has 0 radical (unpaired) electrons. The summed E-state index contributed by atoms with van der Waals surface area (Å²) < 4.78 is 28.2. The van der Waals surface area contributed by atoms with Gasteiger partial charge in [0, 0.05) is 0 Å². The highest BCUT2D eigenvalue weighted by atomic mass is 35.5. The molecule has 0 aliphatic rings. The molecule has 0 fully saturated rings. The number of carbonyl (C=O) groups is 2. The van der Waals surface area contributed by atoms with Crippen LogP contribution >= 0.6 is 11.6 Å². The molecule has 0 aliphatic carbocycles. The predicted octanol–water partition coefficient (Wildman–Crippen LogP) is -0.178. The molecule has 0 spiro atoms. The minimum absolute atomic E-state index is 0.00724. The van der Waals surface area contributed by atoms with Crippen molar-refractivity contribution < 1.29 is 27.6 Å². The van der Waals surface area contributed by atoms with Gasteiger partial charge in [0.25, 0.3) is 10.0 Å². The van der Waals surface area contributed by atoms with Gasteiger partial charge in [0.2, 0.25) is 5.91 Å². The first-order valence-corrected chi connectivity index (χ1v) is 6.94. The molecule has 0 aliphatic heterocycles. The molecule has 0 saturated heterocycles. The lowest BCUT2D eigenvalue weighted by Gasteiger charge is -2.09. The van der Waals surface area contributed by atoms with E-state index in [1.165, 1.54) is 12.1 Å². The SMILES string of the molecule is COC(=O)c1ccc(Cl)c(S(=O)(=O)NOCC(N)=O)c1. The van der Waals surface area contributed by atoms with Gasteiger partial charge in [-0.05, 0) is 18.2 Å². The topological polar surface area (TPSA) is 125 Å². The summed E-state index contributed by atoms with van der Waals surface area (Å²) in [4.78, 5) is 27.5. The van der Waals surface area contributed by atoms with Crippen LogP contribution in [0.15, 0.2) is 23.1 Å². The molecule has 1 aromatic rings. The van der Waals surface area contributed by atoms with E-state index in [2.05, 4.69) is 9.57 Å². The molecule has 0 bridgehead atoms. The average Bonchev–Trinajstić information content (AvgIpc) is 2.37. The summed E-state index contributed by atoms with van der Waals surface area (Å²) in [5, 5.41) is -0.132. The zero-order valence-electron chi connectivity index (χ0n) is 10.3. The number of methoxy groups -OCH3 is 1. The highest BCUT2D eigenvalue weighted by Crippen LogP contribution is 2.22. The number of halogens is 1. The lowest BCUT2D eigenvalue weighted by molar-refractivity contribution is -0.123. The minimum atomic E-state index is -4.17. The van der Waals surface area contributed by atoms with E-state index in [9.17, 15) is 18.0 Å². The standard InChI is InChI=1S/C10H11ClN2O6S/c1-18-10(15)6-2-3-7(11)8(4-6)20(16,17)13-19-5-9(12)14/h2-4,13H,5H2,1H3,(H2,12,14). The van der Waals surface area contributed by atoms with Gasteiger partial charge in [-0.3, -0.25) is 9.63 Å². The van der Waals surface area contributed by atoms with Crippen molar-refractivity contribution in [2.75, 3.05) is 13.7 Å². The van der Waals surface area contributed by atoms with Crippen LogP contribution in [-0.2, 0) is 24.4 Å². The highest BCUT2D eigenvalue weighted by Gasteiger charge is 2.21. The fourth-order valence-electron chi connectivity index (χ4n) is 1.18. The van der Waals surface area contributed by atoms with E-state index in [0.717, 1.165) is 13.2 Å². The van der Waals surface area contributed by atoms with Crippen molar-refractivity contribution in [1.29, 1.82) is 0 Å². The van der Waals surface area contributed by atoms with Crippen LogP contribution in [0.2, 0.25) is 5.02 Å². The second-order valence-corrected chi connectivity index (χ2v) is 5.50. The van der Waals surface area contributed by atoms with Crippen LogP contribution in [0.3, 0.4) is 0 Å². The summed E-state index contributed by atoms with van der Waals surface area (Å²) in [6.07, 6.45) is 0. The Hall–Kier alpha value is -1.68. The molecule has 0 atom stereocenters. The summed E-state index contributed by atoms with van der Waals surface area (Å²) >= 11 is 5.75. The van der Waals surface area contributed by atoms with Crippen molar-refractivity contribution in [3.05, 3.63) is 28.8 Å². The largest absolute Gasteiger partial charge is 0.465 e. The number of carbonyl (C=O) groups excluding carboxylic acids is 2. The molecule has 1 aromatic carbocycles. The molecule has 0 unspecified atom stereocenters. The number of hydrogen-bond donors (Lipinski definition) is 2. The van der Waals surface area contributed by atoms with Crippen molar-refractivity contribution in [3.8, 4) is 0 Å². The van der Waals surface area contributed by atoms with E-state index >= 15 is 0 Å². The second-order valence-electron chi connectivity index (χ2n) is 3.48. The maximum Gasteiger partial charge on any atom is 0.337 e. The molecule has 110 valence electrons. The van der Waals surface area contributed by atoms with Crippen LogP contribution in [0.25, 0.3) is 0 Å². The Bertz CT molecular complexity index is 631. The molecule has 0 aromatic heterocycles. The first kappa shape index (κ1) is 16.4. The number of primary amides is 1. The number of sulfonamides is 1. The van der Waals surface area contributed by atoms with Crippen molar-refractivity contribution in [3.63, 3.8) is 0 Å². The highest BCUT2D eigenvalue weighted by molar-refractivity contribution is 7.89. The fourth-order valence-corrected chi connectivity index (χ4v) is 2.51. The number of amides is 1. The van der Waals surface area contributed by atoms with Gasteiger partial charge in [0.15, 0.2) is 0 Å². The molecular formula is C10H11ClN2O6S. The minimum Gasteiger partial charge on any atom is -0.465 e. The van der Waals surface area contributed by atoms with E-state index in [1.54, 1.807) is 4.89 Å². The summed E-state index contributed by atoms with van der Waals surface area (Å²) in [5.74, 6) is -1.58. The summed E-state index contributed by atoms with van der Waals surface area (Å²) in [6.45, 7) is -0.645. The van der Waals surface area contributed by atoms with Gasteiger partial charge in [0.05, 0.1) is 17.7 Å². The van der Waals surface area contributed by atoms with E-state index in [-0.39, 0.29) is 10.6 Å². The maximum absolute atomic E-state index is 11.9. The number of nitrogens with one attached hydrogen (secondary N) is 1. The number of hydrogen-bond acceptors (Lipinski definition) is 6. The Morgan fingerprint density at radius 1 is 1.40 bits per heavy atom. The number of ether oxygens (including phenoxy) is 1. The maximum atomic E-state index is 11.9. The molecule has 0 saturated carbocycles. The lowest BCUT2D eigenvalue weighted by Crippen LogP contribution is -2.29. The van der Waals surface area contributed by atoms with E-state index < -0.39 is 33.4 Å². The van der Waals surface area contributed by atoms with Gasteiger partial charge in [-0.1, -0.05) is 16.5 Å². The van der Waals surface area contributed by atoms with Gasteiger partial charge in [-0.15, -0.1) is 0 Å². The summed E-state index contributed by atoms with van der Waals surface area (Å²) in [7, 11) is -3.02. The van der Waals surface area contributed by atoms with Crippen molar-refractivity contribution >= 4 is 33.5 Å². The van der Waals surface area contributed by atoms with Gasteiger partial charge in [0.1, 0.15) is 11.5 Å². The van der Waals surface area contributed by atoms with Crippen LogP contribution in [0.5, 0.6) is 0 Å². The van der Waals surface area contributed by atoms with Crippen molar-refractivity contribution in [2.24, 2.45) is 5.73 Å². The van der Waals surface area contributed by atoms with Crippen LogP contribution < -0.4 is 10.6 Å². The Morgan fingerprint density at radius 2 is 2.05 bits per heavy atom. The quantitative estimate of drug-likeness (QED) is 0.553. The smallest absolute Gasteiger partial charge is 0.337 e. The van der Waals surface area contributed by atoms with Crippen LogP contribution in [0.1, 0.15) is 10.4 Å². The van der Waals surface area contributed by atoms with Crippen molar-refractivity contribution in [2.45, 2.75) is 4.90 Å². The molecule has 1 rings (SSSR count). The Kier molecular flexibility index (Phi) is 5.45. The molecule has 20 heavy (non-hydrogen) atoms. The predicted molar refractivity (Wildman–Crippen MR) is 68.3 cm³/mol. The molecule has 10 heteroatoms. The molecular weight excluding hydrogens is 312 g/mol. The number of nitrogens with two attached hydrogens (primary N) is 1. The molecule has 8 nitrogen and oxygen atoms in total. The van der Waals surface area contributed by atoms with Gasteiger partial charge >= 0.3 is 5.97 Å². The first-order valence-electron chi connectivity index (χ1n) is 5.07. The number of esters is 1. The monoisotopic (exact) mass is 322 g/mol. The third kappa shape index (κ3) is 4.17. The summed E-state index contributed by atoms with van der Waals surface area (Å²) in [5.41, 5.74) is 4.78. The third-order valence-corrected chi connectivity index (χ3v) is 3.72. The summed E-state index contributed by atoms with van der Waals surface area (Å²) in [6, 6.07) is 3.54. The lowest BCUT2D eigenvalue weighted by atomic mass is 10.2. The van der Waals surface area contributed by atoms with E-state index in [4.69, 9.17) is 17.3 Å². The molecule has 1 amide bonds. The Labute approximate surface area is 119 Å². The number of benzene rings is 1. The van der Waals surface area contributed by atoms with Crippen molar-refractivity contribution in [1.82, 2.24) is 4.89 Å². The van der Waals surface area contributed by atoms with Crippen LogP contribution in [0.4, 0.5) is 0 Å². The van der Waals surface area contributed by atoms with Gasteiger partial charge in [-0.25, -0.2) is 13.2 Å². The Balaban J connectivity index is 3.04. The first-order chi connectivity index (χ1) is 9.27. The van der Waals surface area contributed by atoms with Crippen LogP contribution in [-0.4, -0.2) is 34.0 Å². The fraction of sp³-hybridized carbons (Fsp3) is 0.200. The Morgan fingerprint density at radius 3 is 2.60 bits per heavy atom. The normalized spacial score (nSPS) is 11.1. The molecule has 0 heterocycles. The number of rotatable bonds is 6. The van der Waals surface area contributed by atoms with Crippen LogP contribution in [0, 0.1) is 0 Å².